The summed E-state index contributed by atoms with van der Waals surface area (Å²) < 4.78 is 0. The zero-order valence-electron chi connectivity index (χ0n) is 5.08. The lowest BCUT2D eigenvalue weighted by atomic mass is 10.3. The number of nitrogen functional groups attached to an aromatic ring is 1. The van der Waals surface area contributed by atoms with Crippen molar-refractivity contribution in [3.05, 3.63) is 17.0 Å². The van der Waals surface area contributed by atoms with Crippen LogP contribution in [-0.2, 0) is 6.61 Å². The van der Waals surface area contributed by atoms with Crippen molar-refractivity contribution in [2.75, 3.05) is 5.73 Å². The molecule has 3 N–H and O–H groups in total. The lowest BCUT2D eigenvalue weighted by molar-refractivity contribution is 0.281. The molecule has 1 rings (SSSR count). The number of hydrogen-bond donors (Lipinski definition) is 2. The van der Waals surface area contributed by atoms with Gasteiger partial charge in [0.1, 0.15) is 5.82 Å². The second-order valence-electron chi connectivity index (χ2n) is 1.71. The minimum Gasteiger partial charge on any atom is -0.391 e. The van der Waals surface area contributed by atoms with Gasteiger partial charge in [0.2, 0.25) is 5.28 Å². The molecule has 0 atom stereocenters. The van der Waals surface area contributed by atoms with E-state index in [-0.39, 0.29) is 17.7 Å². The van der Waals surface area contributed by atoms with E-state index in [1.807, 2.05) is 0 Å². The lowest BCUT2D eigenvalue weighted by Gasteiger charge is -1.98. The normalized spacial score (nSPS) is 9.80. The second kappa shape index (κ2) is 2.81. The Kier molecular flexibility index (Phi) is 2.03. The summed E-state index contributed by atoms with van der Waals surface area (Å²) in [5.74, 6) is 0.225. The summed E-state index contributed by atoms with van der Waals surface area (Å²) in [4.78, 5) is 7.24. The minimum absolute atomic E-state index is 0.0923. The molecule has 0 aliphatic carbocycles. The van der Waals surface area contributed by atoms with Gasteiger partial charge in [-0.3, -0.25) is 0 Å². The van der Waals surface area contributed by atoms with Crippen LogP contribution in [0.3, 0.4) is 0 Å². The van der Waals surface area contributed by atoms with Crippen LogP contribution in [0.4, 0.5) is 5.82 Å². The van der Waals surface area contributed by atoms with Gasteiger partial charge in [0.05, 0.1) is 6.61 Å². The first-order valence-corrected chi connectivity index (χ1v) is 2.99. The molecule has 0 spiro atoms. The molecule has 10 heavy (non-hydrogen) atoms. The van der Waals surface area contributed by atoms with E-state index in [0.717, 1.165) is 0 Å². The molecule has 4 nitrogen and oxygen atoms in total. The summed E-state index contributed by atoms with van der Waals surface area (Å²) in [6.45, 7) is -0.164. The minimum atomic E-state index is -0.164. The van der Waals surface area contributed by atoms with Crippen LogP contribution >= 0.6 is 11.6 Å². The summed E-state index contributed by atoms with van der Waals surface area (Å²) >= 11 is 5.39. The summed E-state index contributed by atoms with van der Waals surface area (Å²) in [5.41, 5.74) is 5.83. The molecule has 5 heteroatoms. The van der Waals surface area contributed by atoms with Crippen LogP contribution in [0.2, 0.25) is 5.28 Å². The van der Waals surface area contributed by atoms with E-state index < -0.39 is 0 Å². The molecule has 0 saturated carbocycles. The van der Waals surface area contributed by atoms with Crippen LogP contribution in [-0.4, -0.2) is 15.1 Å². The van der Waals surface area contributed by atoms with Crippen LogP contribution in [0.5, 0.6) is 0 Å². The van der Waals surface area contributed by atoms with E-state index in [1.165, 1.54) is 6.20 Å². The van der Waals surface area contributed by atoms with Crippen LogP contribution in [0.25, 0.3) is 0 Å². The van der Waals surface area contributed by atoms with Crippen LogP contribution in [0.1, 0.15) is 5.56 Å². The standard InChI is InChI=1S/C5H6ClN3O/c6-5-8-1-3(2-10)4(7)9-5/h1,10H,2H2,(H2,7,8,9). The molecule has 0 aliphatic heterocycles. The van der Waals surface area contributed by atoms with E-state index >= 15 is 0 Å². The summed E-state index contributed by atoms with van der Waals surface area (Å²) in [5, 5.41) is 8.70. The fourth-order valence-corrected chi connectivity index (χ4v) is 0.659. The number of aliphatic hydroxyl groups is 1. The molecule has 54 valence electrons. The van der Waals surface area contributed by atoms with Crippen molar-refractivity contribution in [2.45, 2.75) is 6.61 Å². The van der Waals surface area contributed by atoms with Gasteiger partial charge in [0, 0.05) is 11.8 Å². The third kappa shape index (κ3) is 1.34. The van der Waals surface area contributed by atoms with Gasteiger partial charge in [-0.1, -0.05) is 0 Å². The SMILES string of the molecule is Nc1nc(Cl)ncc1CO. The second-order valence-corrected chi connectivity index (χ2v) is 2.05. The maximum absolute atomic E-state index is 8.61. The number of aliphatic hydroxyl groups excluding tert-OH is 1. The number of aromatic nitrogens is 2. The van der Waals surface area contributed by atoms with Crippen molar-refractivity contribution in [1.29, 1.82) is 0 Å². The average molecular weight is 160 g/mol. The number of anilines is 1. The first-order chi connectivity index (χ1) is 4.74. The molecule has 0 amide bonds. The van der Waals surface area contributed by atoms with Crippen molar-refractivity contribution < 1.29 is 5.11 Å². The van der Waals surface area contributed by atoms with Crippen LogP contribution in [0, 0.1) is 0 Å². The van der Waals surface area contributed by atoms with Gasteiger partial charge in [0.15, 0.2) is 0 Å². The Labute approximate surface area is 62.7 Å². The zero-order valence-corrected chi connectivity index (χ0v) is 5.84. The highest BCUT2D eigenvalue weighted by Gasteiger charge is 1.99. The van der Waals surface area contributed by atoms with Gasteiger partial charge in [-0.05, 0) is 11.6 Å². The molecule has 0 aliphatic rings. The van der Waals surface area contributed by atoms with Crippen molar-refractivity contribution in [2.24, 2.45) is 0 Å². The van der Waals surface area contributed by atoms with Gasteiger partial charge in [-0.15, -0.1) is 0 Å². The van der Waals surface area contributed by atoms with E-state index in [9.17, 15) is 0 Å². The monoisotopic (exact) mass is 159 g/mol. The molecule has 1 heterocycles. The van der Waals surface area contributed by atoms with Gasteiger partial charge in [-0.25, -0.2) is 9.97 Å². The average Bonchev–Trinajstić information content (AvgIpc) is 1.88. The highest BCUT2D eigenvalue weighted by molar-refractivity contribution is 6.28. The van der Waals surface area contributed by atoms with Gasteiger partial charge in [-0.2, -0.15) is 0 Å². The van der Waals surface area contributed by atoms with E-state index in [2.05, 4.69) is 9.97 Å². The lowest BCUT2D eigenvalue weighted by Crippen LogP contribution is -1.98. The molecule has 0 fully saturated rings. The number of hydrogen-bond acceptors (Lipinski definition) is 4. The fourth-order valence-electron chi connectivity index (χ4n) is 0.519. The molecule has 1 aromatic heterocycles. The van der Waals surface area contributed by atoms with Gasteiger partial charge >= 0.3 is 0 Å². The van der Waals surface area contributed by atoms with Gasteiger partial charge in [0.25, 0.3) is 0 Å². The van der Waals surface area contributed by atoms with Crippen molar-refractivity contribution in [3.63, 3.8) is 0 Å². The molecule has 0 unspecified atom stereocenters. The van der Waals surface area contributed by atoms with Crippen molar-refractivity contribution in [1.82, 2.24) is 9.97 Å². The molecular formula is C5H6ClN3O. The van der Waals surface area contributed by atoms with E-state index in [4.69, 9.17) is 22.4 Å². The maximum atomic E-state index is 8.61. The molecule has 0 aromatic carbocycles. The summed E-state index contributed by atoms with van der Waals surface area (Å²) in [6.07, 6.45) is 1.39. The molecule has 0 radical (unpaired) electrons. The Morgan fingerprint density at radius 1 is 1.70 bits per heavy atom. The molecule has 0 saturated heterocycles. The highest BCUT2D eigenvalue weighted by atomic mass is 35.5. The zero-order chi connectivity index (χ0) is 7.56. The predicted molar refractivity (Wildman–Crippen MR) is 37.4 cm³/mol. The van der Waals surface area contributed by atoms with E-state index in [1.54, 1.807) is 0 Å². The summed E-state index contributed by atoms with van der Waals surface area (Å²) in [7, 11) is 0. The first kappa shape index (κ1) is 7.24. The Morgan fingerprint density at radius 2 is 2.40 bits per heavy atom. The highest BCUT2D eigenvalue weighted by Crippen LogP contribution is 2.08. The first-order valence-electron chi connectivity index (χ1n) is 2.62. The predicted octanol–water partition coefficient (Wildman–Crippen LogP) is 0.204. The summed E-state index contributed by atoms with van der Waals surface area (Å²) in [6, 6.07) is 0. The molecule has 1 aromatic rings. The third-order valence-corrected chi connectivity index (χ3v) is 1.22. The third-order valence-electron chi connectivity index (χ3n) is 1.04. The largest absolute Gasteiger partial charge is 0.391 e. The number of nitrogens with zero attached hydrogens (tertiary/aromatic N) is 2. The van der Waals surface area contributed by atoms with Crippen LogP contribution < -0.4 is 5.73 Å². The Hall–Kier alpha value is -0.870. The molecular weight excluding hydrogens is 154 g/mol. The quantitative estimate of drug-likeness (QED) is 0.575. The fraction of sp³-hybridized carbons (Fsp3) is 0.200. The van der Waals surface area contributed by atoms with Crippen LogP contribution in [0.15, 0.2) is 6.20 Å². The Morgan fingerprint density at radius 3 is 2.90 bits per heavy atom. The van der Waals surface area contributed by atoms with E-state index in [0.29, 0.717) is 5.56 Å². The topological polar surface area (TPSA) is 72.0 Å². The number of nitrogens with two attached hydrogens (primary N) is 1. The Balaban J connectivity index is 3.07. The smallest absolute Gasteiger partial charge is 0.224 e. The Bertz CT molecular complexity index is 240. The van der Waals surface area contributed by atoms with Crippen molar-refractivity contribution >= 4 is 17.4 Å². The van der Waals surface area contributed by atoms with Crippen molar-refractivity contribution in [3.8, 4) is 0 Å². The molecule has 0 bridgehead atoms. The maximum Gasteiger partial charge on any atom is 0.224 e. The number of rotatable bonds is 1. The van der Waals surface area contributed by atoms with Gasteiger partial charge < -0.3 is 10.8 Å². The number of halogens is 1.